The van der Waals surface area contributed by atoms with Crippen molar-refractivity contribution >= 4 is 5.97 Å². The minimum atomic E-state index is -0.726. The average Bonchev–Trinajstić information content (AvgIpc) is 2.99. The molecule has 0 aliphatic heterocycles. The molecule has 1 rings (SSSR count). The summed E-state index contributed by atoms with van der Waals surface area (Å²) in [6.45, 7) is 10.6. The molecule has 0 saturated heterocycles. The van der Waals surface area contributed by atoms with Crippen LogP contribution in [0, 0.1) is 0 Å². The molecule has 0 aliphatic rings. The molecule has 23 heavy (non-hydrogen) atoms. The second kappa shape index (κ2) is 9.65. The topological polar surface area (TPSA) is 77.3 Å². The van der Waals surface area contributed by atoms with Gasteiger partial charge < -0.3 is 9.15 Å². The molecular formula is C17H31N3O3. The number of nitrogens with one attached hydrogen (secondary N) is 1. The highest BCUT2D eigenvalue weighted by Crippen LogP contribution is 2.19. The first-order chi connectivity index (χ1) is 10.9. The van der Waals surface area contributed by atoms with Crippen molar-refractivity contribution < 1.29 is 13.9 Å². The van der Waals surface area contributed by atoms with Crippen LogP contribution in [0.5, 0.6) is 0 Å². The van der Waals surface area contributed by atoms with Crippen LogP contribution in [-0.2, 0) is 16.1 Å². The predicted octanol–water partition coefficient (Wildman–Crippen LogP) is 3.57. The van der Waals surface area contributed by atoms with Crippen LogP contribution in [0.2, 0.25) is 0 Å². The van der Waals surface area contributed by atoms with Gasteiger partial charge in [0.05, 0.1) is 13.2 Å². The maximum Gasteiger partial charge on any atom is 0.326 e. The Labute approximate surface area is 139 Å². The molecule has 0 aliphatic carbocycles. The number of nitrogens with zero attached hydrogens (tertiary/aromatic N) is 2. The molecule has 6 heteroatoms. The molecule has 1 aromatic heterocycles. The summed E-state index contributed by atoms with van der Waals surface area (Å²) < 4.78 is 10.8. The third-order valence-corrected chi connectivity index (χ3v) is 3.86. The number of ether oxygens (including phenoxy) is 1. The molecule has 0 bridgehead atoms. The minimum Gasteiger partial charge on any atom is -0.465 e. The van der Waals surface area contributed by atoms with Crippen molar-refractivity contribution in [2.45, 2.75) is 84.7 Å². The number of rotatable bonds is 11. The van der Waals surface area contributed by atoms with Gasteiger partial charge in [-0.3, -0.25) is 10.1 Å². The lowest BCUT2D eigenvalue weighted by Crippen LogP contribution is -2.50. The summed E-state index contributed by atoms with van der Waals surface area (Å²) in [5, 5.41) is 11.3. The number of hydrogen-bond donors (Lipinski definition) is 1. The lowest BCUT2D eigenvalue weighted by atomic mass is 9.94. The van der Waals surface area contributed by atoms with Gasteiger partial charge in [0.1, 0.15) is 5.54 Å². The predicted molar refractivity (Wildman–Crippen MR) is 89.0 cm³/mol. The highest BCUT2D eigenvalue weighted by Gasteiger charge is 2.34. The van der Waals surface area contributed by atoms with Crippen molar-refractivity contribution in [2.75, 3.05) is 6.61 Å². The van der Waals surface area contributed by atoms with Gasteiger partial charge in [-0.2, -0.15) is 0 Å². The second-order valence-electron chi connectivity index (χ2n) is 6.41. The molecule has 1 N–H and O–H groups in total. The summed E-state index contributed by atoms with van der Waals surface area (Å²) in [6, 6.07) is 0. The Balaban J connectivity index is 2.65. The zero-order valence-electron chi connectivity index (χ0n) is 15.1. The molecule has 0 saturated carbocycles. The molecule has 0 spiro atoms. The van der Waals surface area contributed by atoms with Crippen molar-refractivity contribution in [1.82, 2.24) is 15.5 Å². The smallest absolute Gasteiger partial charge is 0.326 e. The molecule has 132 valence electrons. The molecule has 1 atom stereocenters. The Morgan fingerprint density at radius 2 is 2.00 bits per heavy atom. The highest BCUT2D eigenvalue weighted by atomic mass is 16.5. The molecule has 1 aromatic rings. The van der Waals surface area contributed by atoms with E-state index in [1.165, 1.54) is 12.8 Å². The fourth-order valence-corrected chi connectivity index (χ4v) is 2.30. The standard InChI is InChI=1S/C17H31N3O3/c1-6-8-9-10-11-17(5,16(21)22-7-2)18-12-14-19-20-15(23-14)13(3)4/h13,18H,6-12H2,1-5H3/t17-/m0/s1. The van der Waals surface area contributed by atoms with Crippen LogP contribution in [-0.4, -0.2) is 28.3 Å². The lowest BCUT2D eigenvalue weighted by molar-refractivity contribution is -0.151. The van der Waals surface area contributed by atoms with E-state index in [0.717, 1.165) is 19.3 Å². The highest BCUT2D eigenvalue weighted by molar-refractivity contribution is 5.80. The van der Waals surface area contributed by atoms with Crippen LogP contribution in [0.15, 0.2) is 4.42 Å². The number of esters is 1. The van der Waals surface area contributed by atoms with Gasteiger partial charge in [0.25, 0.3) is 0 Å². The number of hydrogen-bond acceptors (Lipinski definition) is 6. The Bertz CT molecular complexity index is 473. The van der Waals surface area contributed by atoms with Gasteiger partial charge >= 0.3 is 5.97 Å². The summed E-state index contributed by atoms with van der Waals surface area (Å²) in [5.74, 6) is 1.09. The Morgan fingerprint density at radius 1 is 1.26 bits per heavy atom. The van der Waals surface area contributed by atoms with E-state index >= 15 is 0 Å². The summed E-state index contributed by atoms with van der Waals surface area (Å²) in [6.07, 6.45) is 5.18. The zero-order valence-corrected chi connectivity index (χ0v) is 15.1. The lowest BCUT2D eigenvalue weighted by Gasteiger charge is -2.28. The quantitative estimate of drug-likeness (QED) is 0.495. The SMILES string of the molecule is CCCCCC[C@](C)(NCc1nnc(C(C)C)o1)C(=O)OCC. The van der Waals surface area contributed by atoms with Crippen molar-refractivity contribution in [2.24, 2.45) is 0 Å². The number of unbranched alkanes of at least 4 members (excludes halogenated alkanes) is 3. The van der Waals surface area contributed by atoms with Crippen LogP contribution in [0.25, 0.3) is 0 Å². The third kappa shape index (κ3) is 6.29. The molecule has 6 nitrogen and oxygen atoms in total. The van der Waals surface area contributed by atoms with Crippen LogP contribution in [0.4, 0.5) is 0 Å². The zero-order chi connectivity index (χ0) is 17.3. The van der Waals surface area contributed by atoms with Crippen LogP contribution >= 0.6 is 0 Å². The largest absolute Gasteiger partial charge is 0.465 e. The van der Waals surface area contributed by atoms with Gasteiger partial charge in [0, 0.05) is 5.92 Å². The van der Waals surface area contributed by atoms with Gasteiger partial charge in [0.15, 0.2) is 0 Å². The molecule has 0 fully saturated rings. The second-order valence-corrected chi connectivity index (χ2v) is 6.41. The molecule has 0 radical (unpaired) electrons. The summed E-state index contributed by atoms with van der Waals surface area (Å²) in [5.41, 5.74) is -0.726. The van der Waals surface area contributed by atoms with E-state index in [9.17, 15) is 4.79 Å². The molecule has 1 heterocycles. The van der Waals surface area contributed by atoms with E-state index in [1.54, 1.807) is 0 Å². The van der Waals surface area contributed by atoms with Crippen molar-refractivity contribution in [3.8, 4) is 0 Å². The molecular weight excluding hydrogens is 294 g/mol. The summed E-state index contributed by atoms with van der Waals surface area (Å²) >= 11 is 0. The maximum atomic E-state index is 12.3. The van der Waals surface area contributed by atoms with Crippen LogP contribution in [0.1, 0.15) is 84.4 Å². The number of carbonyl (C=O) groups excluding carboxylic acids is 1. The summed E-state index contributed by atoms with van der Waals surface area (Å²) in [4.78, 5) is 12.3. The first-order valence-corrected chi connectivity index (χ1v) is 8.67. The Kier molecular flexibility index (Phi) is 8.23. The monoisotopic (exact) mass is 325 g/mol. The average molecular weight is 325 g/mol. The van der Waals surface area contributed by atoms with E-state index in [4.69, 9.17) is 9.15 Å². The fourth-order valence-electron chi connectivity index (χ4n) is 2.30. The normalized spacial score (nSPS) is 14.0. The molecule has 0 amide bonds. The third-order valence-electron chi connectivity index (χ3n) is 3.86. The van der Waals surface area contributed by atoms with Gasteiger partial charge in [-0.1, -0.05) is 46.5 Å². The maximum absolute atomic E-state index is 12.3. The minimum absolute atomic E-state index is 0.196. The fraction of sp³-hybridized carbons (Fsp3) is 0.824. The van der Waals surface area contributed by atoms with Gasteiger partial charge in [-0.15, -0.1) is 10.2 Å². The first-order valence-electron chi connectivity index (χ1n) is 8.67. The van der Waals surface area contributed by atoms with E-state index in [2.05, 4.69) is 22.4 Å². The summed E-state index contributed by atoms with van der Waals surface area (Å²) in [7, 11) is 0. The van der Waals surface area contributed by atoms with Crippen molar-refractivity contribution in [3.05, 3.63) is 11.8 Å². The van der Waals surface area contributed by atoms with Gasteiger partial charge in [-0.25, -0.2) is 0 Å². The van der Waals surface area contributed by atoms with Gasteiger partial charge in [0.2, 0.25) is 11.8 Å². The molecule has 0 unspecified atom stereocenters. The van der Waals surface area contributed by atoms with Crippen LogP contribution < -0.4 is 5.32 Å². The molecule has 0 aromatic carbocycles. The van der Waals surface area contributed by atoms with Gasteiger partial charge in [-0.05, 0) is 20.3 Å². The Morgan fingerprint density at radius 3 is 2.57 bits per heavy atom. The van der Waals surface area contributed by atoms with Crippen molar-refractivity contribution in [1.29, 1.82) is 0 Å². The van der Waals surface area contributed by atoms with E-state index in [-0.39, 0.29) is 11.9 Å². The van der Waals surface area contributed by atoms with Crippen LogP contribution in [0.3, 0.4) is 0 Å². The number of carbonyl (C=O) groups is 1. The number of aromatic nitrogens is 2. The van der Waals surface area contributed by atoms with E-state index < -0.39 is 5.54 Å². The Hall–Kier alpha value is -1.43. The van der Waals surface area contributed by atoms with E-state index in [1.807, 2.05) is 27.7 Å². The van der Waals surface area contributed by atoms with E-state index in [0.29, 0.717) is 24.9 Å². The van der Waals surface area contributed by atoms with Crippen molar-refractivity contribution in [3.63, 3.8) is 0 Å². The first kappa shape index (κ1) is 19.6.